The van der Waals surface area contributed by atoms with Crippen LogP contribution in [0.4, 0.5) is 0 Å². The summed E-state index contributed by atoms with van der Waals surface area (Å²) in [6, 6.07) is 7.28. The van der Waals surface area contributed by atoms with Crippen LogP contribution in [0.1, 0.15) is 18.5 Å². The molecule has 1 aromatic carbocycles. The van der Waals surface area contributed by atoms with E-state index in [4.69, 9.17) is 11.2 Å². The highest BCUT2D eigenvalue weighted by molar-refractivity contribution is 5.79. The van der Waals surface area contributed by atoms with Gasteiger partial charge in [-0.15, -0.1) is 6.42 Å². The number of rotatable bonds is 7. The molecule has 0 spiro atoms. The second-order valence-corrected chi connectivity index (χ2v) is 4.73. The molecule has 0 bridgehead atoms. The Balaban J connectivity index is 1.76. The van der Waals surface area contributed by atoms with Crippen molar-refractivity contribution in [3.8, 4) is 18.1 Å². The number of amides is 1. The molecular formula is C16H18N4O2. The quantitative estimate of drug-likeness (QED) is 0.780. The van der Waals surface area contributed by atoms with E-state index in [1.54, 1.807) is 6.92 Å². The van der Waals surface area contributed by atoms with Crippen molar-refractivity contribution < 1.29 is 9.53 Å². The van der Waals surface area contributed by atoms with Gasteiger partial charge in [0.1, 0.15) is 31.1 Å². The molecule has 1 amide bonds. The first-order valence-electron chi connectivity index (χ1n) is 6.97. The van der Waals surface area contributed by atoms with Gasteiger partial charge in [-0.25, -0.2) is 9.67 Å². The summed E-state index contributed by atoms with van der Waals surface area (Å²) in [4.78, 5) is 15.8. The van der Waals surface area contributed by atoms with Gasteiger partial charge in [0.05, 0.1) is 0 Å². The Kier molecular flexibility index (Phi) is 5.55. The first kappa shape index (κ1) is 15.6. The highest BCUT2D eigenvalue weighted by atomic mass is 16.5. The molecule has 0 unspecified atom stereocenters. The van der Waals surface area contributed by atoms with Crippen molar-refractivity contribution in [3.05, 3.63) is 42.5 Å². The molecule has 0 aliphatic heterocycles. The number of hydrogen-bond donors (Lipinski definition) is 1. The van der Waals surface area contributed by atoms with Gasteiger partial charge in [0, 0.05) is 6.54 Å². The van der Waals surface area contributed by atoms with Gasteiger partial charge >= 0.3 is 0 Å². The second-order valence-electron chi connectivity index (χ2n) is 4.73. The molecule has 0 aliphatic rings. The van der Waals surface area contributed by atoms with Crippen LogP contribution in [-0.2, 0) is 11.2 Å². The predicted octanol–water partition coefficient (Wildman–Crippen LogP) is 1.21. The van der Waals surface area contributed by atoms with E-state index >= 15 is 0 Å². The number of hydrogen-bond acceptors (Lipinski definition) is 4. The Hall–Kier alpha value is -2.81. The third-order valence-electron chi connectivity index (χ3n) is 3.17. The molecule has 1 atom stereocenters. The molecule has 6 nitrogen and oxygen atoms in total. The maximum absolute atomic E-state index is 12.0. The average Bonchev–Trinajstić information content (AvgIpc) is 3.07. The van der Waals surface area contributed by atoms with E-state index in [-0.39, 0.29) is 18.6 Å². The van der Waals surface area contributed by atoms with E-state index in [2.05, 4.69) is 21.3 Å². The normalized spacial score (nSPS) is 11.5. The monoisotopic (exact) mass is 298 g/mol. The van der Waals surface area contributed by atoms with Crippen molar-refractivity contribution in [1.82, 2.24) is 20.1 Å². The summed E-state index contributed by atoms with van der Waals surface area (Å²) in [6.07, 6.45) is 8.81. The van der Waals surface area contributed by atoms with E-state index in [9.17, 15) is 4.79 Å². The molecule has 6 heteroatoms. The Morgan fingerprint density at radius 3 is 2.86 bits per heavy atom. The van der Waals surface area contributed by atoms with Crippen LogP contribution in [0, 0.1) is 12.3 Å². The lowest BCUT2D eigenvalue weighted by Gasteiger charge is -2.12. The van der Waals surface area contributed by atoms with Gasteiger partial charge in [0.25, 0.3) is 0 Å². The largest absolute Gasteiger partial charge is 0.481 e. The summed E-state index contributed by atoms with van der Waals surface area (Å²) in [5.41, 5.74) is 1.11. The van der Waals surface area contributed by atoms with E-state index in [0.29, 0.717) is 6.54 Å². The number of aromatic nitrogens is 3. The Morgan fingerprint density at radius 2 is 2.23 bits per heavy atom. The first-order valence-corrected chi connectivity index (χ1v) is 6.97. The molecule has 0 aliphatic carbocycles. The van der Waals surface area contributed by atoms with Crippen molar-refractivity contribution >= 4 is 5.91 Å². The number of carbonyl (C=O) groups excluding carboxylic acids is 1. The maximum Gasteiger partial charge on any atom is 0.244 e. The van der Waals surface area contributed by atoms with Gasteiger partial charge in [0.15, 0.2) is 0 Å². The zero-order valence-corrected chi connectivity index (χ0v) is 12.4. The molecular weight excluding hydrogens is 280 g/mol. The third kappa shape index (κ3) is 4.35. The maximum atomic E-state index is 12.0. The number of nitrogens with zero attached hydrogens (tertiary/aromatic N) is 3. The van der Waals surface area contributed by atoms with Crippen LogP contribution < -0.4 is 10.1 Å². The number of benzene rings is 1. The topological polar surface area (TPSA) is 69.0 Å². The van der Waals surface area contributed by atoms with Crippen molar-refractivity contribution in [3.63, 3.8) is 0 Å². The van der Waals surface area contributed by atoms with Crippen LogP contribution in [0.3, 0.4) is 0 Å². The number of carbonyl (C=O) groups is 1. The smallest absolute Gasteiger partial charge is 0.244 e. The van der Waals surface area contributed by atoms with Gasteiger partial charge in [-0.3, -0.25) is 4.79 Å². The number of nitrogens with one attached hydrogen (secondary N) is 1. The fourth-order valence-corrected chi connectivity index (χ4v) is 1.89. The van der Waals surface area contributed by atoms with Gasteiger partial charge in [0.2, 0.25) is 5.91 Å². The first-order chi connectivity index (χ1) is 10.7. The van der Waals surface area contributed by atoms with E-state index in [1.807, 2.05) is 24.3 Å². The third-order valence-corrected chi connectivity index (χ3v) is 3.17. The van der Waals surface area contributed by atoms with Crippen LogP contribution in [0.25, 0.3) is 0 Å². The summed E-state index contributed by atoms with van der Waals surface area (Å²) in [6.45, 7) is 2.60. The highest BCUT2D eigenvalue weighted by Gasteiger charge is 2.14. The van der Waals surface area contributed by atoms with Crippen LogP contribution in [0.2, 0.25) is 0 Å². The minimum atomic E-state index is -0.373. The summed E-state index contributed by atoms with van der Waals surface area (Å²) >= 11 is 0. The van der Waals surface area contributed by atoms with Gasteiger partial charge in [-0.2, -0.15) is 5.10 Å². The molecule has 1 aromatic heterocycles. The molecule has 0 saturated heterocycles. The molecule has 22 heavy (non-hydrogen) atoms. The van der Waals surface area contributed by atoms with Crippen LogP contribution in [0.5, 0.6) is 5.75 Å². The number of terminal acetylenes is 1. The summed E-state index contributed by atoms with van der Waals surface area (Å²) in [7, 11) is 0. The molecule has 0 fully saturated rings. The predicted molar refractivity (Wildman–Crippen MR) is 82.2 cm³/mol. The standard InChI is InChI=1S/C16H18N4O2/c1-3-10-22-15-6-4-14(5-7-15)8-9-18-16(21)13(2)20-12-17-11-19-20/h1,4-7,11-13H,8-10H2,2H3,(H,18,21)/t13-/m0/s1. The summed E-state index contributed by atoms with van der Waals surface area (Å²) < 4.78 is 6.82. The van der Waals surface area contributed by atoms with Gasteiger partial charge in [-0.05, 0) is 31.0 Å². The fourth-order valence-electron chi connectivity index (χ4n) is 1.89. The number of ether oxygens (including phenoxy) is 1. The highest BCUT2D eigenvalue weighted by Crippen LogP contribution is 2.12. The Bertz CT molecular complexity index is 629. The van der Waals surface area contributed by atoms with Crippen LogP contribution in [0.15, 0.2) is 36.9 Å². The lowest BCUT2D eigenvalue weighted by atomic mass is 10.1. The van der Waals surface area contributed by atoms with Crippen molar-refractivity contribution in [1.29, 1.82) is 0 Å². The molecule has 114 valence electrons. The lowest BCUT2D eigenvalue weighted by Crippen LogP contribution is -2.32. The summed E-state index contributed by atoms with van der Waals surface area (Å²) in [5, 5.41) is 6.84. The average molecular weight is 298 g/mol. The molecule has 1 heterocycles. The van der Waals surface area contributed by atoms with E-state index < -0.39 is 0 Å². The van der Waals surface area contributed by atoms with Gasteiger partial charge < -0.3 is 10.1 Å². The fraction of sp³-hybridized carbons (Fsp3) is 0.312. The van der Waals surface area contributed by atoms with E-state index in [0.717, 1.165) is 17.7 Å². The zero-order chi connectivity index (χ0) is 15.8. The second kappa shape index (κ2) is 7.84. The lowest BCUT2D eigenvalue weighted by molar-refractivity contribution is -0.124. The van der Waals surface area contributed by atoms with Gasteiger partial charge in [-0.1, -0.05) is 18.1 Å². The Morgan fingerprint density at radius 1 is 1.45 bits per heavy atom. The zero-order valence-electron chi connectivity index (χ0n) is 12.4. The summed E-state index contributed by atoms with van der Waals surface area (Å²) in [5.74, 6) is 3.08. The molecule has 2 aromatic rings. The minimum absolute atomic E-state index is 0.0838. The van der Waals surface area contributed by atoms with Crippen LogP contribution in [-0.4, -0.2) is 33.8 Å². The van der Waals surface area contributed by atoms with Crippen LogP contribution >= 0.6 is 0 Å². The van der Waals surface area contributed by atoms with Crippen molar-refractivity contribution in [2.75, 3.05) is 13.2 Å². The SMILES string of the molecule is C#CCOc1ccc(CCNC(=O)[C@H](C)n2cncn2)cc1. The molecule has 0 saturated carbocycles. The molecule has 0 radical (unpaired) electrons. The molecule has 2 rings (SSSR count). The van der Waals surface area contributed by atoms with E-state index in [1.165, 1.54) is 17.3 Å². The Labute approximate surface area is 129 Å². The van der Waals surface area contributed by atoms with Crippen molar-refractivity contribution in [2.24, 2.45) is 0 Å². The van der Waals surface area contributed by atoms with Crippen molar-refractivity contribution in [2.45, 2.75) is 19.4 Å². The minimum Gasteiger partial charge on any atom is -0.481 e. The molecule has 1 N–H and O–H groups in total.